The lowest BCUT2D eigenvalue weighted by Gasteiger charge is -2.14. The molecule has 0 saturated carbocycles. The molecule has 16 heavy (non-hydrogen) atoms. The van der Waals surface area contributed by atoms with Gasteiger partial charge in [-0.1, -0.05) is 24.6 Å². The molecular formula is C11H13ClFNO2. The summed E-state index contributed by atoms with van der Waals surface area (Å²) in [6.45, 7) is 1.62. The van der Waals surface area contributed by atoms with Crippen LogP contribution >= 0.6 is 11.6 Å². The van der Waals surface area contributed by atoms with Crippen LogP contribution in [-0.2, 0) is 0 Å². The Morgan fingerprint density at radius 2 is 2.31 bits per heavy atom. The van der Waals surface area contributed by atoms with Crippen LogP contribution in [0.25, 0.3) is 0 Å². The maximum atomic E-state index is 13.4. The van der Waals surface area contributed by atoms with E-state index in [0.717, 1.165) is 0 Å². The van der Waals surface area contributed by atoms with Gasteiger partial charge in [-0.25, -0.2) is 4.39 Å². The van der Waals surface area contributed by atoms with E-state index in [9.17, 15) is 9.18 Å². The van der Waals surface area contributed by atoms with Gasteiger partial charge in [0.05, 0.1) is 23.2 Å². The third-order valence-corrected chi connectivity index (χ3v) is 2.55. The molecule has 2 N–H and O–H groups in total. The molecule has 0 radical (unpaired) electrons. The highest BCUT2D eigenvalue weighted by Crippen LogP contribution is 2.18. The standard InChI is InChI=1S/C11H13ClFNO2/c1-2-7(6-15)14-11(16)10-8(12)4-3-5-9(10)13/h3-5,7,15H,2,6H2,1H3,(H,14,16)/t7-/m1/s1. The fourth-order valence-corrected chi connectivity index (χ4v) is 1.50. The van der Waals surface area contributed by atoms with Gasteiger partial charge < -0.3 is 10.4 Å². The number of carbonyl (C=O) groups excluding carboxylic acids is 1. The van der Waals surface area contributed by atoms with Gasteiger partial charge in [0.1, 0.15) is 5.82 Å². The highest BCUT2D eigenvalue weighted by molar-refractivity contribution is 6.33. The summed E-state index contributed by atoms with van der Waals surface area (Å²) in [5, 5.41) is 11.5. The second-order valence-electron chi connectivity index (χ2n) is 3.36. The van der Waals surface area contributed by atoms with Crippen LogP contribution in [0.3, 0.4) is 0 Å². The highest BCUT2D eigenvalue weighted by Gasteiger charge is 2.17. The number of rotatable bonds is 4. The maximum Gasteiger partial charge on any atom is 0.256 e. The molecule has 0 heterocycles. The van der Waals surface area contributed by atoms with Crippen LogP contribution in [0.1, 0.15) is 23.7 Å². The molecule has 0 fully saturated rings. The van der Waals surface area contributed by atoms with Gasteiger partial charge in [0.15, 0.2) is 0 Å². The summed E-state index contributed by atoms with van der Waals surface area (Å²) in [5.74, 6) is -1.28. The third kappa shape index (κ3) is 2.93. The van der Waals surface area contributed by atoms with Crippen molar-refractivity contribution in [2.24, 2.45) is 0 Å². The van der Waals surface area contributed by atoms with Crippen LogP contribution in [0.4, 0.5) is 4.39 Å². The summed E-state index contributed by atoms with van der Waals surface area (Å²) in [7, 11) is 0. The molecule has 3 nitrogen and oxygen atoms in total. The summed E-state index contributed by atoms with van der Waals surface area (Å²) < 4.78 is 13.4. The zero-order valence-corrected chi connectivity index (χ0v) is 9.59. The minimum absolute atomic E-state index is 0.0605. The monoisotopic (exact) mass is 245 g/mol. The maximum absolute atomic E-state index is 13.4. The first-order valence-electron chi connectivity index (χ1n) is 4.95. The summed E-state index contributed by atoms with van der Waals surface area (Å²) in [6, 6.07) is 3.65. The van der Waals surface area contributed by atoms with Crippen molar-refractivity contribution in [2.75, 3.05) is 6.61 Å². The van der Waals surface area contributed by atoms with Crippen LogP contribution in [0, 0.1) is 5.82 Å². The average molecular weight is 246 g/mol. The van der Waals surface area contributed by atoms with Gasteiger partial charge >= 0.3 is 0 Å². The summed E-state index contributed by atoms with van der Waals surface area (Å²) in [6.07, 6.45) is 0.564. The molecular weight excluding hydrogens is 233 g/mol. The Hall–Kier alpha value is -1.13. The Kier molecular flexibility index (Phi) is 4.71. The van der Waals surface area contributed by atoms with Crippen molar-refractivity contribution in [3.63, 3.8) is 0 Å². The van der Waals surface area contributed by atoms with E-state index in [4.69, 9.17) is 16.7 Å². The number of aliphatic hydroxyl groups excluding tert-OH is 1. The van der Waals surface area contributed by atoms with E-state index in [1.165, 1.54) is 18.2 Å². The van der Waals surface area contributed by atoms with Crippen molar-refractivity contribution in [2.45, 2.75) is 19.4 Å². The van der Waals surface area contributed by atoms with E-state index in [2.05, 4.69) is 5.32 Å². The number of aliphatic hydroxyl groups is 1. The molecule has 5 heteroatoms. The number of hydrogen-bond acceptors (Lipinski definition) is 2. The molecule has 0 bridgehead atoms. The van der Waals surface area contributed by atoms with E-state index in [1.807, 2.05) is 6.92 Å². The van der Waals surface area contributed by atoms with Gasteiger partial charge in [-0.2, -0.15) is 0 Å². The number of hydrogen-bond donors (Lipinski definition) is 2. The van der Waals surface area contributed by atoms with E-state index in [0.29, 0.717) is 6.42 Å². The number of carbonyl (C=O) groups is 1. The van der Waals surface area contributed by atoms with Gasteiger partial charge in [0.25, 0.3) is 5.91 Å². The quantitative estimate of drug-likeness (QED) is 0.852. The summed E-state index contributed by atoms with van der Waals surface area (Å²) in [5.41, 5.74) is -0.184. The fourth-order valence-electron chi connectivity index (χ4n) is 1.25. The SMILES string of the molecule is CC[C@H](CO)NC(=O)c1c(F)cccc1Cl. The van der Waals surface area contributed by atoms with E-state index in [1.54, 1.807) is 0 Å². The normalized spacial score (nSPS) is 12.2. The zero-order chi connectivity index (χ0) is 12.1. The predicted molar refractivity (Wildman–Crippen MR) is 60.0 cm³/mol. The van der Waals surface area contributed by atoms with E-state index >= 15 is 0 Å². The molecule has 1 aromatic rings. The van der Waals surface area contributed by atoms with Gasteiger partial charge in [-0.15, -0.1) is 0 Å². The molecule has 0 unspecified atom stereocenters. The van der Waals surface area contributed by atoms with Crippen molar-refractivity contribution in [3.8, 4) is 0 Å². The van der Waals surface area contributed by atoms with Crippen LogP contribution in [0.15, 0.2) is 18.2 Å². The molecule has 0 aliphatic rings. The van der Waals surface area contributed by atoms with Crippen LogP contribution in [-0.4, -0.2) is 23.7 Å². The molecule has 1 rings (SSSR count). The molecule has 0 saturated heterocycles. The molecule has 1 amide bonds. The topological polar surface area (TPSA) is 49.3 Å². The number of amides is 1. The van der Waals surface area contributed by atoms with Gasteiger partial charge in [0, 0.05) is 0 Å². The largest absolute Gasteiger partial charge is 0.394 e. The fraction of sp³-hybridized carbons (Fsp3) is 0.364. The molecule has 0 aliphatic carbocycles. The predicted octanol–water partition coefficient (Wildman–Crippen LogP) is 1.98. The lowest BCUT2D eigenvalue weighted by molar-refractivity contribution is 0.0911. The smallest absolute Gasteiger partial charge is 0.256 e. The van der Waals surface area contributed by atoms with Crippen molar-refractivity contribution in [3.05, 3.63) is 34.6 Å². The van der Waals surface area contributed by atoms with Crippen LogP contribution < -0.4 is 5.32 Å². The van der Waals surface area contributed by atoms with Crippen molar-refractivity contribution < 1.29 is 14.3 Å². The van der Waals surface area contributed by atoms with Crippen molar-refractivity contribution in [1.82, 2.24) is 5.32 Å². The molecule has 1 aromatic carbocycles. The van der Waals surface area contributed by atoms with Crippen molar-refractivity contribution in [1.29, 1.82) is 0 Å². The average Bonchev–Trinajstić information content (AvgIpc) is 2.25. The Labute approximate surface area is 98.2 Å². The second-order valence-corrected chi connectivity index (χ2v) is 3.77. The third-order valence-electron chi connectivity index (χ3n) is 2.24. The Morgan fingerprint density at radius 3 is 2.81 bits per heavy atom. The van der Waals surface area contributed by atoms with Gasteiger partial charge in [-0.3, -0.25) is 4.79 Å². The van der Waals surface area contributed by atoms with Crippen LogP contribution in [0.5, 0.6) is 0 Å². The van der Waals surface area contributed by atoms with E-state index in [-0.39, 0.29) is 23.2 Å². The lowest BCUT2D eigenvalue weighted by Crippen LogP contribution is -2.37. The summed E-state index contributed by atoms with van der Waals surface area (Å²) in [4.78, 5) is 11.7. The highest BCUT2D eigenvalue weighted by atomic mass is 35.5. The Morgan fingerprint density at radius 1 is 1.62 bits per heavy atom. The zero-order valence-electron chi connectivity index (χ0n) is 8.84. The first kappa shape index (κ1) is 12.9. The number of nitrogens with one attached hydrogen (secondary N) is 1. The Bertz CT molecular complexity index is 360. The Balaban J connectivity index is 2.88. The molecule has 0 aliphatic heterocycles. The molecule has 1 atom stereocenters. The molecule has 0 aromatic heterocycles. The van der Waals surface area contributed by atoms with Gasteiger partial charge in [-0.05, 0) is 18.6 Å². The molecule has 88 valence electrons. The number of halogens is 2. The first-order chi connectivity index (χ1) is 7.60. The minimum Gasteiger partial charge on any atom is -0.394 e. The first-order valence-corrected chi connectivity index (χ1v) is 5.33. The second kappa shape index (κ2) is 5.82. The van der Waals surface area contributed by atoms with Gasteiger partial charge in [0.2, 0.25) is 0 Å². The number of benzene rings is 1. The summed E-state index contributed by atoms with van der Waals surface area (Å²) >= 11 is 5.73. The van der Waals surface area contributed by atoms with Crippen molar-refractivity contribution >= 4 is 17.5 Å². The van der Waals surface area contributed by atoms with E-state index < -0.39 is 11.7 Å². The lowest BCUT2D eigenvalue weighted by atomic mass is 10.1. The van der Waals surface area contributed by atoms with Crippen LogP contribution in [0.2, 0.25) is 5.02 Å². The minimum atomic E-state index is -0.669. The molecule has 0 spiro atoms.